The number of aromatic nitrogens is 4. The summed E-state index contributed by atoms with van der Waals surface area (Å²) in [6.45, 7) is 3.70. The van der Waals surface area contributed by atoms with Gasteiger partial charge in [-0.15, -0.1) is 0 Å². The summed E-state index contributed by atoms with van der Waals surface area (Å²) in [6, 6.07) is 8.98. The number of benzene rings is 1. The first-order valence-electron chi connectivity index (χ1n) is 9.43. The Morgan fingerprint density at radius 1 is 1.00 bits per heavy atom. The van der Waals surface area contributed by atoms with Crippen molar-refractivity contribution in [2.24, 2.45) is 0 Å². The molecule has 0 aliphatic carbocycles. The third kappa shape index (κ3) is 5.32. The maximum absolute atomic E-state index is 12.9. The van der Waals surface area contributed by atoms with Crippen LogP contribution in [-0.2, 0) is 6.18 Å². The van der Waals surface area contributed by atoms with Crippen LogP contribution in [0.4, 0.5) is 24.8 Å². The number of rotatable bonds is 3. The van der Waals surface area contributed by atoms with Crippen molar-refractivity contribution in [1.29, 1.82) is 0 Å². The Kier molecular flexibility index (Phi) is 7.05. The molecule has 3 aromatic heterocycles. The first kappa shape index (κ1) is 24.6. The van der Waals surface area contributed by atoms with E-state index >= 15 is 0 Å². The van der Waals surface area contributed by atoms with Gasteiger partial charge in [-0.05, 0) is 61.5 Å². The van der Waals surface area contributed by atoms with Crippen molar-refractivity contribution in [3.8, 4) is 11.1 Å². The van der Waals surface area contributed by atoms with Crippen LogP contribution in [0.5, 0.6) is 0 Å². The summed E-state index contributed by atoms with van der Waals surface area (Å²) in [5.74, 6) is -0.805. The maximum atomic E-state index is 12.9. The van der Waals surface area contributed by atoms with Gasteiger partial charge < -0.3 is 21.0 Å². The number of hydrogen-bond donors (Lipinski definition) is 1. The standard InChI is InChI=1S/C22H17F3N6O.U/c1-11-3-4-15(30-20(32)13-5-6-27-18(8-13)22(23,24)25)9-16(11)17-7-14-10-28-21(26)31-19(14)29-12(17)2;/h3-10H,1-2H3,(H3,26,28,29,30,31,32);/p-1. The zero-order valence-electron chi connectivity index (χ0n) is 17.4. The van der Waals surface area contributed by atoms with Crippen molar-refractivity contribution in [3.05, 3.63) is 77.0 Å². The number of aryl methyl sites for hydroxylation is 2. The molecular weight excluding hydrogens is 659 g/mol. The number of amides is 1. The van der Waals surface area contributed by atoms with Crippen LogP contribution in [0.15, 0.2) is 48.8 Å². The van der Waals surface area contributed by atoms with Gasteiger partial charge in [0.15, 0.2) is 0 Å². The molecule has 0 fully saturated rings. The van der Waals surface area contributed by atoms with Gasteiger partial charge in [0.2, 0.25) is 0 Å². The maximum Gasteiger partial charge on any atom is 0.433 e. The number of carbonyl (C=O) groups is 1. The van der Waals surface area contributed by atoms with Crippen molar-refractivity contribution in [2.45, 2.75) is 20.0 Å². The Morgan fingerprint density at radius 2 is 1.76 bits per heavy atom. The predicted molar refractivity (Wildman–Crippen MR) is 113 cm³/mol. The van der Waals surface area contributed by atoms with E-state index in [1.165, 1.54) is 12.3 Å². The molecule has 3 heterocycles. The predicted octanol–water partition coefficient (Wildman–Crippen LogP) is 5.66. The average molecular weight is 675 g/mol. The summed E-state index contributed by atoms with van der Waals surface area (Å²) in [4.78, 5) is 28.2. The minimum absolute atomic E-state index is 0. The molecule has 0 aliphatic heterocycles. The number of alkyl halides is 3. The van der Waals surface area contributed by atoms with E-state index in [9.17, 15) is 18.0 Å². The first-order chi connectivity index (χ1) is 15.1. The van der Waals surface area contributed by atoms with Crippen molar-refractivity contribution >= 4 is 28.6 Å². The molecule has 1 aromatic carbocycles. The third-order valence-electron chi connectivity index (χ3n) is 4.86. The van der Waals surface area contributed by atoms with Gasteiger partial charge in [-0.2, -0.15) is 13.2 Å². The molecule has 0 bridgehead atoms. The largest absolute Gasteiger partial charge is 0.433 e. The number of hydrogen-bond acceptors (Lipinski definition) is 5. The Hall–Kier alpha value is -3.03. The summed E-state index contributed by atoms with van der Waals surface area (Å²) in [7, 11) is 0. The SMILES string of the molecule is Cc1ccc(NC(=O)c2ccnc(C(F)(F)F)c2)cc1-c1cc2cnc([NH-])nc2nc1C.[U]. The molecule has 0 saturated heterocycles. The Labute approximate surface area is 210 Å². The molecule has 0 spiro atoms. The fourth-order valence-electron chi connectivity index (χ4n) is 3.25. The van der Waals surface area contributed by atoms with E-state index in [0.717, 1.165) is 22.9 Å². The molecule has 7 nitrogen and oxygen atoms in total. The molecule has 0 unspecified atom stereocenters. The fourth-order valence-corrected chi connectivity index (χ4v) is 3.25. The fraction of sp³-hybridized carbons (Fsp3) is 0.136. The van der Waals surface area contributed by atoms with Crippen LogP contribution in [0.1, 0.15) is 27.3 Å². The molecule has 1 amide bonds. The van der Waals surface area contributed by atoms with Crippen molar-refractivity contribution < 1.29 is 49.1 Å². The van der Waals surface area contributed by atoms with Gasteiger partial charge in [0.05, 0.1) is 5.65 Å². The summed E-state index contributed by atoms with van der Waals surface area (Å²) in [5.41, 5.74) is 10.2. The zero-order chi connectivity index (χ0) is 23.0. The number of nitrogens with one attached hydrogen (secondary N) is 2. The quantitative estimate of drug-likeness (QED) is 0.302. The molecule has 33 heavy (non-hydrogen) atoms. The second-order valence-corrected chi connectivity index (χ2v) is 7.14. The molecule has 166 valence electrons. The van der Waals surface area contributed by atoms with E-state index in [2.05, 4.69) is 25.3 Å². The second-order valence-electron chi connectivity index (χ2n) is 7.14. The summed E-state index contributed by atoms with van der Waals surface area (Å²) >= 11 is 0. The van der Waals surface area contributed by atoms with Gasteiger partial charge in [0, 0.05) is 71.2 Å². The van der Waals surface area contributed by atoms with Gasteiger partial charge in [-0.25, -0.2) is 4.98 Å². The molecule has 4 aromatic rings. The minimum Gasteiger partial charge on any atom is -0.410 e. The molecule has 11 heteroatoms. The number of halogens is 3. The Bertz CT molecular complexity index is 1360. The topological polar surface area (TPSA) is 104 Å². The number of nitrogens with zero attached hydrogens (tertiary/aromatic N) is 4. The number of anilines is 1. The van der Waals surface area contributed by atoms with E-state index in [4.69, 9.17) is 5.73 Å². The molecule has 0 atom stereocenters. The van der Waals surface area contributed by atoms with Crippen LogP contribution < -0.4 is 5.32 Å². The number of carbonyl (C=O) groups excluding carboxylic acids is 1. The van der Waals surface area contributed by atoms with E-state index in [1.807, 2.05) is 13.0 Å². The van der Waals surface area contributed by atoms with Gasteiger partial charge >= 0.3 is 6.18 Å². The van der Waals surface area contributed by atoms with E-state index in [0.29, 0.717) is 28.5 Å². The third-order valence-corrected chi connectivity index (χ3v) is 4.86. The van der Waals surface area contributed by atoms with Crippen molar-refractivity contribution in [2.75, 3.05) is 5.32 Å². The van der Waals surface area contributed by atoms with E-state index < -0.39 is 17.8 Å². The molecule has 0 radical (unpaired) electrons. The molecule has 0 saturated carbocycles. The van der Waals surface area contributed by atoms with Crippen LogP contribution in [0.25, 0.3) is 27.9 Å². The van der Waals surface area contributed by atoms with Crippen LogP contribution in [0.2, 0.25) is 0 Å². The average Bonchev–Trinajstić information content (AvgIpc) is 2.74. The van der Waals surface area contributed by atoms with E-state index in [-0.39, 0.29) is 42.6 Å². The minimum atomic E-state index is -4.64. The zero-order valence-corrected chi connectivity index (χ0v) is 21.6. The second kappa shape index (κ2) is 9.45. The van der Waals surface area contributed by atoms with Crippen molar-refractivity contribution in [1.82, 2.24) is 19.9 Å². The van der Waals surface area contributed by atoms with Gasteiger partial charge in [-0.3, -0.25) is 9.78 Å². The van der Waals surface area contributed by atoms with Crippen LogP contribution in [0.3, 0.4) is 0 Å². The molecule has 2 N–H and O–H groups in total. The molecule has 0 aliphatic rings. The first-order valence-corrected chi connectivity index (χ1v) is 9.43. The smallest absolute Gasteiger partial charge is 0.410 e. The monoisotopic (exact) mass is 675 g/mol. The molecule has 4 rings (SSSR count). The summed E-state index contributed by atoms with van der Waals surface area (Å²) in [5, 5.41) is 3.29. The normalized spacial score (nSPS) is 11.2. The van der Waals surface area contributed by atoms with Crippen molar-refractivity contribution in [3.63, 3.8) is 0 Å². The van der Waals surface area contributed by atoms with Gasteiger partial charge in [0.25, 0.3) is 5.91 Å². The summed E-state index contributed by atoms with van der Waals surface area (Å²) in [6.07, 6.45) is -2.17. The number of pyridine rings is 2. The Balaban J connectivity index is 0.00000306. The summed E-state index contributed by atoms with van der Waals surface area (Å²) < 4.78 is 38.7. The van der Waals surface area contributed by atoms with Gasteiger partial charge in [0.1, 0.15) is 5.69 Å². The van der Waals surface area contributed by atoms with E-state index in [1.54, 1.807) is 25.1 Å². The van der Waals surface area contributed by atoms with Crippen LogP contribution in [-0.4, -0.2) is 25.8 Å². The Morgan fingerprint density at radius 3 is 2.48 bits per heavy atom. The van der Waals surface area contributed by atoms with Crippen LogP contribution >= 0.6 is 0 Å². The van der Waals surface area contributed by atoms with Gasteiger partial charge in [-0.1, -0.05) is 6.07 Å². The number of fused-ring (bicyclic) bond motifs is 1. The molecular formula is C22H16F3N6OU-. The van der Waals surface area contributed by atoms with Crippen LogP contribution in [0, 0.1) is 45.0 Å².